The largest absolute Gasteiger partial charge is 0.350 e. The van der Waals surface area contributed by atoms with Crippen molar-refractivity contribution in [1.29, 1.82) is 0 Å². The normalized spacial score (nSPS) is 17.4. The quantitative estimate of drug-likeness (QED) is 0.921. The molecule has 1 aliphatic heterocycles. The number of hydrogen-bond donors (Lipinski definition) is 1. The average molecular weight is 329 g/mol. The van der Waals surface area contributed by atoms with Crippen molar-refractivity contribution < 1.29 is 9.18 Å². The molecule has 1 atom stereocenters. The summed E-state index contributed by atoms with van der Waals surface area (Å²) in [7, 11) is 0. The lowest BCUT2D eigenvalue weighted by Crippen LogP contribution is -2.40. The molecule has 3 nitrogen and oxygen atoms in total. The molecule has 2 rings (SSSR count). The van der Waals surface area contributed by atoms with Crippen LogP contribution in [-0.2, 0) is 0 Å². The number of likely N-dealkylation sites (tertiary alicyclic amines) is 1. The second-order valence-corrected chi connectivity index (χ2v) is 5.78. The van der Waals surface area contributed by atoms with Crippen molar-refractivity contribution in [3.63, 3.8) is 0 Å². The highest BCUT2D eigenvalue weighted by Crippen LogP contribution is 2.18. The van der Waals surface area contributed by atoms with Gasteiger partial charge in [0.1, 0.15) is 5.82 Å². The predicted molar refractivity (Wildman–Crippen MR) is 76.7 cm³/mol. The first-order chi connectivity index (χ1) is 9.08. The SMILES string of the molecule is C[C@@H](CNC(=O)c1cc(F)ccc1Br)N1CCCC1. The maximum absolute atomic E-state index is 13.1. The molecule has 104 valence electrons. The Morgan fingerprint density at radius 2 is 2.16 bits per heavy atom. The molecule has 0 radical (unpaired) electrons. The van der Waals surface area contributed by atoms with Crippen LogP contribution in [-0.4, -0.2) is 36.5 Å². The number of rotatable bonds is 4. The molecule has 0 unspecified atom stereocenters. The molecule has 1 saturated heterocycles. The third kappa shape index (κ3) is 3.76. The number of nitrogens with zero attached hydrogens (tertiary/aromatic N) is 1. The fourth-order valence-corrected chi connectivity index (χ4v) is 2.75. The van der Waals surface area contributed by atoms with Crippen LogP contribution >= 0.6 is 15.9 Å². The molecule has 0 spiro atoms. The number of carbonyl (C=O) groups is 1. The van der Waals surface area contributed by atoms with Crippen molar-refractivity contribution in [1.82, 2.24) is 10.2 Å². The predicted octanol–water partition coefficient (Wildman–Crippen LogP) is 2.80. The Bertz CT molecular complexity index is 461. The Kier molecular flexibility index (Phi) is 4.93. The molecule has 0 aliphatic carbocycles. The van der Waals surface area contributed by atoms with Gasteiger partial charge in [0.2, 0.25) is 0 Å². The summed E-state index contributed by atoms with van der Waals surface area (Å²) >= 11 is 3.27. The number of amides is 1. The smallest absolute Gasteiger partial charge is 0.252 e. The molecular formula is C14H18BrFN2O. The van der Waals surface area contributed by atoms with Crippen molar-refractivity contribution in [2.75, 3.05) is 19.6 Å². The Hall–Kier alpha value is -0.940. The maximum Gasteiger partial charge on any atom is 0.252 e. The number of nitrogens with one attached hydrogen (secondary N) is 1. The molecule has 1 amide bonds. The molecule has 0 aromatic heterocycles. The fraction of sp³-hybridized carbons (Fsp3) is 0.500. The first kappa shape index (κ1) is 14.5. The summed E-state index contributed by atoms with van der Waals surface area (Å²) in [5, 5.41) is 2.87. The summed E-state index contributed by atoms with van der Waals surface area (Å²) in [5.74, 6) is -0.640. The maximum atomic E-state index is 13.1. The van der Waals surface area contributed by atoms with Crippen LogP contribution in [0.4, 0.5) is 4.39 Å². The van der Waals surface area contributed by atoms with Gasteiger partial charge in [-0.05, 0) is 67.0 Å². The summed E-state index contributed by atoms with van der Waals surface area (Å²) in [5.41, 5.74) is 0.341. The van der Waals surface area contributed by atoms with E-state index in [1.54, 1.807) is 6.07 Å². The van der Waals surface area contributed by atoms with Crippen LogP contribution in [0.3, 0.4) is 0 Å². The van der Waals surface area contributed by atoms with E-state index < -0.39 is 5.82 Å². The highest BCUT2D eigenvalue weighted by Gasteiger charge is 2.19. The van der Waals surface area contributed by atoms with Crippen molar-refractivity contribution in [3.8, 4) is 0 Å². The summed E-state index contributed by atoms with van der Waals surface area (Å²) < 4.78 is 13.8. The molecule has 1 aromatic carbocycles. The van der Waals surface area contributed by atoms with Crippen LogP contribution in [0.25, 0.3) is 0 Å². The summed E-state index contributed by atoms with van der Waals surface area (Å²) in [6.07, 6.45) is 2.46. The first-order valence-electron chi connectivity index (χ1n) is 6.55. The molecule has 19 heavy (non-hydrogen) atoms. The monoisotopic (exact) mass is 328 g/mol. The van der Waals surface area contributed by atoms with Crippen LogP contribution < -0.4 is 5.32 Å². The molecule has 0 saturated carbocycles. The van der Waals surface area contributed by atoms with Gasteiger partial charge in [-0.15, -0.1) is 0 Å². The van der Waals surface area contributed by atoms with E-state index in [1.165, 1.54) is 25.0 Å². The van der Waals surface area contributed by atoms with E-state index >= 15 is 0 Å². The van der Waals surface area contributed by atoms with Crippen molar-refractivity contribution in [3.05, 3.63) is 34.1 Å². The van der Waals surface area contributed by atoms with E-state index in [1.807, 2.05) is 0 Å². The van der Waals surface area contributed by atoms with Gasteiger partial charge in [0.05, 0.1) is 5.56 Å². The van der Waals surface area contributed by atoms with Gasteiger partial charge in [-0.3, -0.25) is 9.69 Å². The zero-order valence-electron chi connectivity index (χ0n) is 11.0. The minimum atomic E-state index is -0.402. The molecule has 1 fully saturated rings. The van der Waals surface area contributed by atoms with Crippen molar-refractivity contribution in [2.24, 2.45) is 0 Å². The van der Waals surface area contributed by atoms with Crippen LogP contribution in [0.2, 0.25) is 0 Å². The number of benzene rings is 1. The van der Waals surface area contributed by atoms with E-state index in [4.69, 9.17) is 0 Å². The minimum absolute atomic E-state index is 0.238. The molecule has 1 aromatic rings. The lowest BCUT2D eigenvalue weighted by molar-refractivity contribution is 0.0939. The lowest BCUT2D eigenvalue weighted by atomic mass is 10.2. The van der Waals surface area contributed by atoms with Gasteiger partial charge in [-0.2, -0.15) is 0 Å². The molecule has 5 heteroatoms. The van der Waals surface area contributed by atoms with E-state index in [2.05, 4.69) is 33.1 Å². The van der Waals surface area contributed by atoms with Crippen molar-refractivity contribution in [2.45, 2.75) is 25.8 Å². The third-order valence-electron chi connectivity index (χ3n) is 3.50. The zero-order chi connectivity index (χ0) is 13.8. The Balaban J connectivity index is 1.91. The van der Waals surface area contributed by atoms with Gasteiger partial charge in [0, 0.05) is 17.1 Å². The zero-order valence-corrected chi connectivity index (χ0v) is 12.5. The topological polar surface area (TPSA) is 32.3 Å². The van der Waals surface area contributed by atoms with E-state index in [9.17, 15) is 9.18 Å². The van der Waals surface area contributed by atoms with Crippen LogP contribution in [0.5, 0.6) is 0 Å². The Labute approximate surface area is 121 Å². The molecule has 1 aliphatic rings. The number of halogens is 2. The minimum Gasteiger partial charge on any atom is -0.350 e. The summed E-state index contributed by atoms with van der Waals surface area (Å²) in [6.45, 7) is 4.88. The van der Waals surface area contributed by atoms with Crippen LogP contribution in [0.15, 0.2) is 22.7 Å². The van der Waals surface area contributed by atoms with Gasteiger partial charge in [-0.25, -0.2) is 4.39 Å². The molecule has 1 heterocycles. The summed E-state index contributed by atoms with van der Waals surface area (Å²) in [6, 6.07) is 4.45. The van der Waals surface area contributed by atoms with E-state index in [-0.39, 0.29) is 5.91 Å². The van der Waals surface area contributed by atoms with Crippen LogP contribution in [0, 0.1) is 5.82 Å². The summed E-state index contributed by atoms with van der Waals surface area (Å²) in [4.78, 5) is 14.4. The van der Waals surface area contributed by atoms with Gasteiger partial charge in [-0.1, -0.05) is 0 Å². The lowest BCUT2D eigenvalue weighted by Gasteiger charge is -2.23. The van der Waals surface area contributed by atoms with Crippen LogP contribution in [0.1, 0.15) is 30.1 Å². The second-order valence-electron chi connectivity index (χ2n) is 4.93. The standard InChI is InChI=1S/C14H18BrFN2O/c1-10(18-6-2-3-7-18)9-17-14(19)12-8-11(16)4-5-13(12)15/h4-5,8,10H,2-3,6-7,9H2,1H3,(H,17,19)/t10-/m0/s1. The first-order valence-corrected chi connectivity index (χ1v) is 7.34. The van der Waals surface area contributed by atoms with Gasteiger partial charge in [0.15, 0.2) is 0 Å². The van der Waals surface area contributed by atoms with E-state index in [0.717, 1.165) is 13.1 Å². The Morgan fingerprint density at radius 1 is 1.47 bits per heavy atom. The van der Waals surface area contributed by atoms with Gasteiger partial charge in [0.25, 0.3) is 5.91 Å². The highest BCUT2D eigenvalue weighted by atomic mass is 79.9. The highest BCUT2D eigenvalue weighted by molar-refractivity contribution is 9.10. The average Bonchev–Trinajstić information content (AvgIpc) is 2.92. The van der Waals surface area contributed by atoms with Gasteiger partial charge < -0.3 is 5.32 Å². The second kappa shape index (κ2) is 6.48. The number of carbonyl (C=O) groups excluding carboxylic acids is 1. The Morgan fingerprint density at radius 3 is 2.84 bits per heavy atom. The van der Waals surface area contributed by atoms with E-state index in [0.29, 0.717) is 22.6 Å². The third-order valence-corrected chi connectivity index (χ3v) is 4.19. The van der Waals surface area contributed by atoms with Crippen molar-refractivity contribution >= 4 is 21.8 Å². The number of hydrogen-bond acceptors (Lipinski definition) is 2. The molecular weight excluding hydrogens is 311 g/mol. The van der Waals surface area contributed by atoms with Gasteiger partial charge >= 0.3 is 0 Å². The molecule has 1 N–H and O–H groups in total. The molecule has 0 bridgehead atoms. The fourth-order valence-electron chi connectivity index (χ4n) is 2.32.